The van der Waals surface area contributed by atoms with Crippen LogP contribution in [0.15, 0.2) is 30.6 Å². The molecule has 9 heteroatoms. The molecule has 0 radical (unpaired) electrons. The van der Waals surface area contributed by atoms with E-state index in [9.17, 15) is 9.90 Å². The molecule has 2 aliphatic heterocycles. The van der Waals surface area contributed by atoms with Gasteiger partial charge in [-0.1, -0.05) is 27.2 Å². The number of carboxylic acid groups (broad SMARTS) is 1. The third-order valence-electron chi connectivity index (χ3n) is 9.51. The van der Waals surface area contributed by atoms with Crippen molar-refractivity contribution >= 4 is 17.3 Å². The lowest BCUT2D eigenvalue weighted by atomic mass is 9.77. The van der Waals surface area contributed by atoms with E-state index in [2.05, 4.69) is 46.6 Å². The molecule has 0 bridgehead atoms. The Morgan fingerprint density at radius 1 is 1.10 bits per heavy atom. The summed E-state index contributed by atoms with van der Waals surface area (Å²) in [7, 11) is 3.36. The molecule has 1 saturated carbocycles. The molecular formula is C31H44N4O5. The first-order valence-electron chi connectivity index (χ1n) is 14.6. The molecule has 0 amide bonds. The van der Waals surface area contributed by atoms with E-state index in [-0.39, 0.29) is 36.0 Å². The number of aliphatic carboxylic acids is 1. The fourth-order valence-electron chi connectivity index (χ4n) is 7.08. The number of hydrogen-bond donors (Lipinski definition) is 1. The van der Waals surface area contributed by atoms with E-state index in [1.807, 2.05) is 18.3 Å². The van der Waals surface area contributed by atoms with Gasteiger partial charge in [-0.15, -0.1) is 0 Å². The Kier molecular flexibility index (Phi) is 8.40. The average molecular weight is 553 g/mol. The SMILES string of the molecule is COc1cc(N2CCC(Oc3ccc(N4C[C@H](OC)[C@@H](C)[C@@H]4CC(=O)O)cn3)CC2)c(C2CCCC2(C)C)cn1. The zero-order valence-electron chi connectivity index (χ0n) is 24.5. The summed E-state index contributed by atoms with van der Waals surface area (Å²) in [4.78, 5) is 25.2. The van der Waals surface area contributed by atoms with Gasteiger partial charge in [0.2, 0.25) is 11.8 Å². The molecule has 2 aromatic rings. The number of carbonyl (C=O) groups is 1. The summed E-state index contributed by atoms with van der Waals surface area (Å²) in [6.07, 6.45) is 9.50. The maximum absolute atomic E-state index is 11.5. The average Bonchev–Trinajstić information content (AvgIpc) is 3.46. The lowest BCUT2D eigenvalue weighted by molar-refractivity contribution is -0.137. The quantitative estimate of drug-likeness (QED) is 0.453. The van der Waals surface area contributed by atoms with Gasteiger partial charge in [0.25, 0.3) is 0 Å². The van der Waals surface area contributed by atoms with E-state index in [0.717, 1.165) is 31.6 Å². The minimum atomic E-state index is -0.804. The second kappa shape index (κ2) is 11.8. The van der Waals surface area contributed by atoms with Crippen LogP contribution in [-0.2, 0) is 9.53 Å². The summed E-state index contributed by atoms with van der Waals surface area (Å²) in [5.74, 6) is 1.08. The van der Waals surface area contributed by atoms with Crippen molar-refractivity contribution in [2.24, 2.45) is 11.3 Å². The number of hydrogen-bond acceptors (Lipinski definition) is 8. The van der Waals surface area contributed by atoms with Gasteiger partial charge in [-0.05, 0) is 35.8 Å². The molecule has 0 spiro atoms. The number of ether oxygens (including phenoxy) is 3. The van der Waals surface area contributed by atoms with Gasteiger partial charge in [0.1, 0.15) is 6.10 Å². The predicted molar refractivity (Wildman–Crippen MR) is 155 cm³/mol. The van der Waals surface area contributed by atoms with Crippen molar-refractivity contribution < 1.29 is 24.1 Å². The smallest absolute Gasteiger partial charge is 0.305 e. The Hall–Kier alpha value is -3.07. The number of rotatable bonds is 9. The van der Waals surface area contributed by atoms with Crippen molar-refractivity contribution in [3.8, 4) is 11.8 Å². The molecule has 1 aliphatic carbocycles. The summed E-state index contributed by atoms with van der Waals surface area (Å²) in [5, 5.41) is 9.44. The van der Waals surface area contributed by atoms with Crippen LogP contribution in [0.1, 0.15) is 70.8 Å². The highest BCUT2D eigenvalue weighted by molar-refractivity contribution is 5.69. The van der Waals surface area contributed by atoms with Gasteiger partial charge in [-0.25, -0.2) is 9.97 Å². The third-order valence-corrected chi connectivity index (χ3v) is 9.51. The highest BCUT2D eigenvalue weighted by Gasteiger charge is 2.41. The van der Waals surface area contributed by atoms with Gasteiger partial charge in [0, 0.05) is 75.6 Å². The van der Waals surface area contributed by atoms with Gasteiger partial charge in [-0.2, -0.15) is 0 Å². The molecule has 40 heavy (non-hydrogen) atoms. The van der Waals surface area contributed by atoms with Gasteiger partial charge >= 0.3 is 5.97 Å². The normalized spacial score (nSPS) is 26.7. The van der Waals surface area contributed by atoms with Crippen LogP contribution in [0.3, 0.4) is 0 Å². The molecule has 3 fully saturated rings. The fraction of sp³-hybridized carbons (Fsp3) is 0.645. The van der Waals surface area contributed by atoms with E-state index >= 15 is 0 Å². The summed E-state index contributed by atoms with van der Waals surface area (Å²) in [6.45, 7) is 9.26. The van der Waals surface area contributed by atoms with Gasteiger partial charge in [0.05, 0.1) is 31.5 Å². The number of aromatic nitrogens is 2. The number of pyridine rings is 2. The molecule has 1 unspecified atom stereocenters. The standard InChI is InChI=1S/C31H44N4O5/c1-20-25(16-30(36)37)35(19-27(20)38-4)21-8-9-28(32-17-21)40-22-10-13-34(14-11-22)26-15-29(39-5)33-18-23(26)24-7-6-12-31(24,2)3/h8-9,15,17-18,20,22,24-25,27H,6-7,10-14,16,19H2,1-5H3,(H,36,37)/t20-,24?,25-,27-/m0/s1. The van der Waals surface area contributed by atoms with Crippen molar-refractivity contribution in [3.63, 3.8) is 0 Å². The van der Waals surface area contributed by atoms with E-state index < -0.39 is 5.97 Å². The van der Waals surface area contributed by atoms with Crippen LogP contribution in [0.2, 0.25) is 0 Å². The number of methoxy groups -OCH3 is 2. The highest BCUT2D eigenvalue weighted by Crippen LogP contribution is 2.51. The van der Waals surface area contributed by atoms with Crippen molar-refractivity contribution in [2.75, 3.05) is 43.7 Å². The summed E-state index contributed by atoms with van der Waals surface area (Å²) in [5.41, 5.74) is 3.76. The van der Waals surface area contributed by atoms with Gasteiger partial charge < -0.3 is 29.1 Å². The van der Waals surface area contributed by atoms with E-state index in [0.29, 0.717) is 24.2 Å². The van der Waals surface area contributed by atoms with Gasteiger partial charge in [0.15, 0.2) is 0 Å². The minimum absolute atomic E-state index is 0.00826. The Bertz CT molecular complexity index is 1160. The van der Waals surface area contributed by atoms with Crippen molar-refractivity contribution in [1.82, 2.24) is 9.97 Å². The maximum Gasteiger partial charge on any atom is 0.305 e. The summed E-state index contributed by atoms with van der Waals surface area (Å²) in [6, 6.07) is 5.86. The zero-order valence-corrected chi connectivity index (χ0v) is 24.5. The topological polar surface area (TPSA) is 97.2 Å². The molecule has 4 heterocycles. The largest absolute Gasteiger partial charge is 0.481 e. The molecule has 9 nitrogen and oxygen atoms in total. The van der Waals surface area contributed by atoms with Crippen LogP contribution in [-0.4, -0.2) is 73.1 Å². The molecule has 3 aliphatic rings. The van der Waals surface area contributed by atoms with E-state index in [1.165, 1.54) is 30.5 Å². The zero-order chi connectivity index (χ0) is 28.4. The molecule has 4 atom stereocenters. The predicted octanol–water partition coefficient (Wildman–Crippen LogP) is 5.14. The highest BCUT2D eigenvalue weighted by atomic mass is 16.5. The second-order valence-electron chi connectivity index (χ2n) is 12.3. The number of nitrogens with zero attached hydrogens (tertiary/aromatic N) is 4. The van der Waals surface area contributed by atoms with Crippen LogP contribution in [0.5, 0.6) is 11.8 Å². The van der Waals surface area contributed by atoms with Crippen molar-refractivity contribution in [2.45, 2.75) is 83.5 Å². The molecule has 2 saturated heterocycles. The van der Waals surface area contributed by atoms with Gasteiger partial charge in [-0.3, -0.25) is 4.79 Å². The first kappa shape index (κ1) is 28.5. The van der Waals surface area contributed by atoms with Crippen LogP contribution in [0.4, 0.5) is 11.4 Å². The van der Waals surface area contributed by atoms with Crippen molar-refractivity contribution in [1.29, 1.82) is 0 Å². The van der Waals surface area contributed by atoms with Crippen LogP contribution in [0, 0.1) is 11.3 Å². The number of anilines is 2. The van der Waals surface area contributed by atoms with Crippen LogP contribution in [0.25, 0.3) is 0 Å². The Morgan fingerprint density at radius 3 is 2.45 bits per heavy atom. The molecule has 218 valence electrons. The van der Waals surface area contributed by atoms with E-state index in [4.69, 9.17) is 14.2 Å². The summed E-state index contributed by atoms with van der Waals surface area (Å²) >= 11 is 0. The van der Waals surface area contributed by atoms with E-state index in [1.54, 1.807) is 20.4 Å². The number of carboxylic acids is 1. The lowest BCUT2D eigenvalue weighted by Crippen LogP contribution is -2.39. The molecule has 5 rings (SSSR count). The Labute approximate surface area is 237 Å². The molecular weight excluding hydrogens is 508 g/mol. The molecule has 0 aromatic carbocycles. The minimum Gasteiger partial charge on any atom is -0.481 e. The monoisotopic (exact) mass is 552 g/mol. The first-order valence-corrected chi connectivity index (χ1v) is 14.6. The molecule has 1 N–H and O–H groups in total. The van der Waals surface area contributed by atoms with Crippen LogP contribution < -0.4 is 19.3 Å². The summed E-state index contributed by atoms with van der Waals surface area (Å²) < 4.78 is 17.4. The first-order chi connectivity index (χ1) is 19.2. The fourth-order valence-corrected chi connectivity index (χ4v) is 7.08. The Morgan fingerprint density at radius 2 is 1.85 bits per heavy atom. The van der Waals surface area contributed by atoms with Crippen LogP contribution >= 0.6 is 0 Å². The third kappa shape index (κ3) is 5.85. The van der Waals surface area contributed by atoms with Crippen molar-refractivity contribution in [3.05, 3.63) is 36.2 Å². The molecule has 2 aromatic heterocycles. The second-order valence-corrected chi connectivity index (χ2v) is 12.3. The lowest BCUT2D eigenvalue weighted by Gasteiger charge is -2.37. The Balaban J connectivity index is 1.23. The number of piperidine rings is 1. The maximum atomic E-state index is 11.5.